The molecule has 3 aromatic carbocycles. The molecule has 1 aliphatic heterocycles. The molecule has 3 aromatic rings. The smallest absolute Gasteiger partial charge is 0.252 e. The lowest BCUT2D eigenvalue weighted by molar-refractivity contribution is 0.0919. The second-order valence-corrected chi connectivity index (χ2v) is 7.46. The van der Waals surface area contributed by atoms with Gasteiger partial charge in [-0.1, -0.05) is 60.7 Å². The number of benzene rings is 3. The summed E-state index contributed by atoms with van der Waals surface area (Å²) >= 11 is 0. The molecule has 0 radical (unpaired) electrons. The molecular formula is C25H26N2O2. The van der Waals surface area contributed by atoms with Crippen LogP contribution < -0.4 is 10.2 Å². The number of morpholine rings is 1. The van der Waals surface area contributed by atoms with Crippen molar-refractivity contribution in [2.45, 2.75) is 12.5 Å². The molecule has 1 aliphatic rings. The molecule has 1 heterocycles. The summed E-state index contributed by atoms with van der Waals surface area (Å²) in [7, 11) is 0. The van der Waals surface area contributed by atoms with E-state index in [1.807, 2.05) is 60.7 Å². The molecule has 0 spiro atoms. The Hall–Kier alpha value is -3.11. The fourth-order valence-electron chi connectivity index (χ4n) is 3.80. The van der Waals surface area contributed by atoms with Crippen LogP contribution in [0.5, 0.6) is 0 Å². The largest absolute Gasteiger partial charge is 0.378 e. The van der Waals surface area contributed by atoms with E-state index in [1.165, 1.54) is 0 Å². The fraction of sp³-hybridized carbons (Fsp3) is 0.240. The Labute approximate surface area is 172 Å². The number of carbonyl (C=O) groups is 1. The van der Waals surface area contributed by atoms with Crippen LogP contribution in [0.2, 0.25) is 0 Å². The molecule has 0 unspecified atom stereocenters. The summed E-state index contributed by atoms with van der Waals surface area (Å²) in [6.07, 6.45) is 0. The van der Waals surface area contributed by atoms with Crippen molar-refractivity contribution in [3.8, 4) is 0 Å². The van der Waals surface area contributed by atoms with E-state index < -0.39 is 5.54 Å². The Morgan fingerprint density at radius 1 is 0.828 bits per heavy atom. The van der Waals surface area contributed by atoms with Crippen LogP contribution in [0.3, 0.4) is 0 Å². The Kier molecular flexibility index (Phi) is 5.63. The summed E-state index contributed by atoms with van der Waals surface area (Å²) in [5.74, 6) is -0.0891. The van der Waals surface area contributed by atoms with E-state index in [9.17, 15) is 4.79 Å². The van der Waals surface area contributed by atoms with Gasteiger partial charge >= 0.3 is 0 Å². The zero-order valence-corrected chi connectivity index (χ0v) is 16.7. The van der Waals surface area contributed by atoms with Crippen molar-refractivity contribution in [1.29, 1.82) is 0 Å². The molecule has 1 amide bonds. The third kappa shape index (κ3) is 4.17. The van der Waals surface area contributed by atoms with Crippen molar-refractivity contribution in [2.24, 2.45) is 0 Å². The summed E-state index contributed by atoms with van der Waals surface area (Å²) in [6, 6.07) is 28.0. The van der Waals surface area contributed by atoms with Gasteiger partial charge in [-0.25, -0.2) is 0 Å². The summed E-state index contributed by atoms with van der Waals surface area (Å²) in [5.41, 5.74) is 3.25. The summed E-state index contributed by atoms with van der Waals surface area (Å²) < 4.78 is 5.42. The average Bonchev–Trinajstić information content (AvgIpc) is 2.81. The van der Waals surface area contributed by atoms with E-state index >= 15 is 0 Å². The number of nitrogens with one attached hydrogen (secondary N) is 1. The van der Waals surface area contributed by atoms with Crippen LogP contribution in [0.1, 0.15) is 28.4 Å². The van der Waals surface area contributed by atoms with Crippen molar-refractivity contribution in [3.05, 3.63) is 102 Å². The van der Waals surface area contributed by atoms with Gasteiger partial charge in [0, 0.05) is 24.3 Å². The predicted molar refractivity (Wildman–Crippen MR) is 116 cm³/mol. The number of amides is 1. The number of nitrogens with zero attached hydrogens (tertiary/aromatic N) is 1. The first-order valence-electron chi connectivity index (χ1n) is 10.0. The highest BCUT2D eigenvalue weighted by Gasteiger charge is 2.31. The maximum atomic E-state index is 13.1. The molecule has 29 heavy (non-hydrogen) atoms. The number of anilines is 1. The molecule has 4 rings (SSSR count). The number of hydrogen-bond acceptors (Lipinski definition) is 3. The first-order chi connectivity index (χ1) is 14.2. The van der Waals surface area contributed by atoms with Gasteiger partial charge in [0.05, 0.1) is 18.8 Å². The van der Waals surface area contributed by atoms with E-state index in [0.29, 0.717) is 5.56 Å². The van der Waals surface area contributed by atoms with Gasteiger partial charge in [0.15, 0.2) is 0 Å². The lowest BCUT2D eigenvalue weighted by Crippen LogP contribution is -2.44. The Bertz CT molecular complexity index is 894. The maximum Gasteiger partial charge on any atom is 0.252 e. The predicted octanol–water partition coefficient (Wildman–Crippen LogP) is 4.22. The molecule has 1 fully saturated rings. The quantitative estimate of drug-likeness (QED) is 0.714. The number of ether oxygens (including phenoxy) is 1. The fourth-order valence-corrected chi connectivity index (χ4v) is 3.80. The first kappa shape index (κ1) is 19.2. The molecule has 148 valence electrons. The normalized spacial score (nSPS) is 14.4. The van der Waals surface area contributed by atoms with Gasteiger partial charge < -0.3 is 15.0 Å². The molecule has 0 aromatic heterocycles. The molecule has 1 N–H and O–H groups in total. The van der Waals surface area contributed by atoms with Crippen LogP contribution in [0, 0.1) is 0 Å². The van der Waals surface area contributed by atoms with Crippen LogP contribution in [0.25, 0.3) is 0 Å². The van der Waals surface area contributed by atoms with E-state index in [0.717, 1.165) is 43.1 Å². The minimum atomic E-state index is -0.623. The third-order valence-electron chi connectivity index (χ3n) is 5.57. The first-order valence-corrected chi connectivity index (χ1v) is 10.0. The number of carbonyl (C=O) groups excluding carboxylic acids is 1. The van der Waals surface area contributed by atoms with Gasteiger partial charge in [0.1, 0.15) is 0 Å². The second kappa shape index (κ2) is 8.50. The van der Waals surface area contributed by atoms with E-state index in [1.54, 1.807) is 0 Å². The summed E-state index contributed by atoms with van der Waals surface area (Å²) in [6.45, 7) is 5.30. The topological polar surface area (TPSA) is 41.6 Å². The molecule has 0 saturated carbocycles. The van der Waals surface area contributed by atoms with Crippen molar-refractivity contribution in [1.82, 2.24) is 5.32 Å². The van der Waals surface area contributed by atoms with Gasteiger partial charge in [0.2, 0.25) is 0 Å². The molecule has 0 bridgehead atoms. The highest BCUT2D eigenvalue weighted by atomic mass is 16.5. The molecule has 1 saturated heterocycles. The average molecular weight is 386 g/mol. The van der Waals surface area contributed by atoms with Crippen LogP contribution >= 0.6 is 0 Å². The standard InChI is InChI=1S/C25H26N2O2/c1-25(21-8-4-2-5-9-21,22-10-6-3-7-11-22)26-24(28)20-12-14-23(15-13-20)27-16-18-29-19-17-27/h2-15H,16-19H2,1H3,(H,26,28). The molecule has 4 nitrogen and oxygen atoms in total. The Balaban J connectivity index is 1.58. The van der Waals surface area contributed by atoms with Crippen LogP contribution in [0.4, 0.5) is 5.69 Å². The maximum absolute atomic E-state index is 13.1. The third-order valence-corrected chi connectivity index (χ3v) is 5.57. The van der Waals surface area contributed by atoms with Crippen LogP contribution in [-0.4, -0.2) is 32.2 Å². The zero-order chi connectivity index (χ0) is 20.1. The Morgan fingerprint density at radius 3 is 1.86 bits per heavy atom. The zero-order valence-electron chi connectivity index (χ0n) is 16.7. The van der Waals surface area contributed by atoms with E-state index in [4.69, 9.17) is 4.74 Å². The lowest BCUT2D eigenvalue weighted by atomic mass is 9.84. The monoisotopic (exact) mass is 386 g/mol. The van der Waals surface area contributed by atoms with Gasteiger partial charge in [-0.05, 0) is 42.3 Å². The van der Waals surface area contributed by atoms with Crippen molar-refractivity contribution in [3.63, 3.8) is 0 Å². The minimum absolute atomic E-state index is 0.0891. The van der Waals surface area contributed by atoms with Gasteiger partial charge in [-0.2, -0.15) is 0 Å². The molecule has 0 aliphatic carbocycles. The van der Waals surface area contributed by atoms with Gasteiger partial charge in [-0.15, -0.1) is 0 Å². The Morgan fingerprint density at radius 2 is 1.34 bits per heavy atom. The second-order valence-electron chi connectivity index (χ2n) is 7.46. The molecular weight excluding hydrogens is 360 g/mol. The van der Waals surface area contributed by atoms with Crippen molar-refractivity contribution in [2.75, 3.05) is 31.2 Å². The highest BCUT2D eigenvalue weighted by Crippen LogP contribution is 2.29. The van der Waals surface area contributed by atoms with Crippen LogP contribution in [-0.2, 0) is 10.3 Å². The summed E-state index contributed by atoms with van der Waals surface area (Å²) in [4.78, 5) is 15.4. The SMILES string of the molecule is CC(NC(=O)c1ccc(N2CCOCC2)cc1)(c1ccccc1)c1ccccc1. The number of rotatable bonds is 5. The van der Waals surface area contributed by atoms with E-state index in [-0.39, 0.29) is 5.91 Å². The number of hydrogen-bond donors (Lipinski definition) is 1. The van der Waals surface area contributed by atoms with Crippen LogP contribution in [0.15, 0.2) is 84.9 Å². The highest BCUT2D eigenvalue weighted by molar-refractivity contribution is 5.95. The molecule has 0 atom stereocenters. The van der Waals surface area contributed by atoms with Crippen molar-refractivity contribution >= 4 is 11.6 Å². The van der Waals surface area contributed by atoms with Crippen molar-refractivity contribution < 1.29 is 9.53 Å². The van der Waals surface area contributed by atoms with E-state index in [2.05, 4.69) is 41.4 Å². The minimum Gasteiger partial charge on any atom is -0.378 e. The lowest BCUT2D eigenvalue weighted by Gasteiger charge is -2.32. The van der Waals surface area contributed by atoms with Gasteiger partial charge in [-0.3, -0.25) is 4.79 Å². The molecule has 4 heteroatoms. The van der Waals surface area contributed by atoms with Gasteiger partial charge in [0.25, 0.3) is 5.91 Å². The summed E-state index contributed by atoms with van der Waals surface area (Å²) in [5, 5.41) is 3.27.